The topological polar surface area (TPSA) is 115 Å². The van der Waals surface area contributed by atoms with Crippen LogP contribution in [0.2, 0.25) is 0 Å². The Balaban J connectivity index is 1.64. The number of aryl methyl sites for hydroxylation is 2. The molecule has 47 heavy (non-hydrogen) atoms. The van der Waals surface area contributed by atoms with Gasteiger partial charge in [0.05, 0.1) is 27.6 Å². The third-order valence-corrected chi connectivity index (χ3v) is 12.0. The second-order valence-corrected chi connectivity index (χ2v) is 15.4. The van der Waals surface area contributed by atoms with E-state index in [9.17, 15) is 21.6 Å². The number of carbonyl (C=O) groups is 2. The van der Waals surface area contributed by atoms with Crippen LogP contribution in [-0.2, 0) is 24.8 Å². The predicted octanol–water partition coefficient (Wildman–Crippen LogP) is 5.42. The number of sulfonamides is 2. The summed E-state index contributed by atoms with van der Waals surface area (Å²) in [7, 11) is -5.94. The smallest absolute Gasteiger partial charge is 0.273 e. The Morgan fingerprint density at radius 1 is 0.596 bits per heavy atom. The van der Waals surface area contributed by atoms with Crippen LogP contribution in [-0.4, -0.2) is 61.5 Å². The molecule has 2 aliphatic rings. The molecule has 6 rings (SSSR count). The number of urea groups is 1. The molecule has 0 spiro atoms. The zero-order chi connectivity index (χ0) is 33.7. The van der Waals surface area contributed by atoms with E-state index in [1.54, 1.807) is 105 Å². The third-order valence-electron chi connectivity index (χ3n) is 8.40. The Morgan fingerprint density at radius 3 is 1.51 bits per heavy atom. The van der Waals surface area contributed by atoms with Gasteiger partial charge in [0.25, 0.3) is 20.0 Å². The van der Waals surface area contributed by atoms with Gasteiger partial charge in [-0.2, -0.15) is 0 Å². The molecule has 0 aliphatic carbocycles. The third kappa shape index (κ3) is 5.52. The number of hydrazine groups is 1. The highest BCUT2D eigenvalue weighted by Gasteiger charge is 2.58. The molecule has 1 saturated heterocycles. The predicted molar refractivity (Wildman–Crippen MR) is 176 cm³/mol. The van der Waals surface area contributed by atoms with Gasteiger partial charge in [0.1, 0.15) is 5.92 Å². The van der Waals surface area contributed by atoms with Gasteiger partial charge >= 0.3 is 6.03 Å². The van der Waals surface area contributed by atoms with Crippen LogP contribution in [0.5, 0.6) is 0 Å². The monoisotopic (exact) mass is 670 g/mol. The summed E-state index contributed by atoms with van der Waals surface area (Å²) >= 11 is 0. The fourth-order valence-corrected chi connectivity index (χ4v) is 9.19. The van der Waals surface area contributed by atoms with E-state index < -0.39 is 50.0 Å². The normalized spacial score (nSPS) is 20.3. The molecule has 0 radical (unpaired) electrons. The summed E-state index contributed by atoms with van der Waals surface area (Å²) in [5, 5.41) is 2.54. The van der Waals surface area contributed by atoms with Crippen molar-refractivity contribution in [3.63, 3.8) is 0 Å². The number of hydrogen-bond donors (Lipinski definition) is 0. The van der Waals surface area contributed by atoms with E-state index in [1.807, 2.05) is 13.8 Å². The molecule has 2 aliphatic heterocycles. The minimum absolute atomic E-state index is 0.0917. The van der Waals surface area contributed by atoms with Crippen LogP contribution in [0, 0.1) is 19.8 Å². The summed E-state index contributed by atoms with van der Waals surface area (Å²) in [5.41, 5.74) is 2.69. The minimum Gasteiger partial charge on any atom is -0.273 e. The molecular weight excluding hydrogens is 637 g/mol. The van der Waals surface area contributed by atoms with Gasteiger partial charge in [0.15, 0.2) is 0 Å². The van der Waals surface area contributed by atoms with Gasteiger partial charge in [-0.3, -0.25) is 4.79 Å². The summed E-state index contributed by atoms with van der Waals surface area (Å²) in [5.74, 6) is -2.29. The number of fused-ring (bicyclic) bond motifs is 1. The van der Waals surface area contributed by atoms with E-state index in [4.69, 9.17) is 0 Å². The zero-order valence-electron chi connectivity index (χ0n) is 26.3. The van der Waals surface area contributed by atoms with Crippen LogP contribution in [0.1, 0.15) is 34.3 Å². The minimum atomic E-state index is -4.57. The Hall–Kier alpha value is -4.78. The Morgan fingerprint density at radius 2 is 1.04 bits per heavy atom. The summed E-state index contributed by atoms with van der Waals surface area (Å²) in [6.07, 6.45) is 1.58. The van der Waals surface area contributed by atoms with E-state index in [2.05, 4.69) is 0 Å². The van der Waals surface area contributed by atoms with Crippen molar-refractivity contribution in [2.75, 3.05) is 14.1 Å². The molecule has 3 amide bonds. The van der Waals surface area contributed by atoms with Gasteiger partial charge in [-0.1, -0.05) is 96.1 Å². The number of hydrogen-bond acceptors (Lipinski definition) is 7. The first-order valence-corrected chi connectivity index (χ1v) is 17.8. The van der Waals surface area contributed by atoms with Crippen LogP contribution >= 0.6 is 0 Å². The average Bonchev–Trinajstić information content (AvgIpc) is 3.04. The Labute approximate surface area is 275 Å². The van der Waals surface area contributed by atoms with E-state index in [1.165, 1.54) is 29.3 Å². The SMILES string of the molecule is Cc1ccc(S(=O)(=O)N2C(=O)[C@H]3C(=C[C@@H]2c2ccccc2)N(N(C)C)C(=O)N(S(=O)(=O)c2ccc(C)cc2)[C@@H]3c2ccccc2)cc1. The molecule has 4 aromatic rings. The van der Waals surface area contributed by atoms with Crippen molar-refractivity contribution in [1.29, 1.82) is 0 Å². The summed E-state index contributed by atoms with van der Waals surface area (Å²) in [4.78, 5) is 29.4. The number of amides is 3. The molecule has 0 aromatic heterocycles. The first-order valence-electron chi connectivity index (χ1n) is 14.9. The quantitative estimate of drug-likeness (QED) is 0.258. The Bertz CT molecular complexity index is 2070. The van der Waals surface area contributed by atoms with Crippen LogP contribution in [0.25, 0.3) is 0 Å². The van der Waals surface area contributed by atoms with Crippen molar-refractivity contribution in [2.24, 2.45) is 5.92 Å². The van der Waals surface area contributed by atoms with E-state index >= 15 is 4.79 Å². The summed E-state index contributed by atoms with van der Waals surface area (Å²) in [6.45, 7) is 3.64. The van der Waals surface area contributed by atoms with E-state index in [0.29, 0.717) is 15.4 Å². The molecule has 0 saturated carbocycles. The Kier molecular flexibility index (Phi) is 8.29. The molecule has 0 unspecified atom stereocenters. The van der Waals surface area contributed by atoms with Crippen LogP contribution < -0.4 is 0 Å². The average molecular weight is 671 g/mol. The van der Waals surface area contributed by atoms with E-state index in [-0.39, 0.29) is 15.5 Å². The number of benzene rings is 4. The highest BCUT2D eigenvalue weighted by molar-refractivity contribution is 7.90. The van der Waals surface area contributed by atoms with Gasteiger partial charge < -0.3 is 0 Å². The number of rotatable bonds is 7. The maximum Gasteiger partial charge on any atom is 0.353 e. The fraction of sp³-hybridized carbons (Fsp3) is 0.200. The van der Waals surface area contributed by atoms with Crippen LogP contribution in [0.15, 0.2) is 131 Å². The molecule has 10 nitrogen and oxygen atoms in total. The highest BCUT2D eigenvalue weighted by atomic mass is 32.2. The second-order valence-electron chi connectivity index (χ2n) is 11.8. The van der Waals surface area contributed by atoms with Gasteiger partial charge in [-0.25, -0.2) is 40.3 Å². The summed E-state index contributed by atoms with van der Waals surface area (Å²) in [6, 6.07) is 25.8. The lowest BCUT2D eigenvalue weighted by atomic mass is 9.83. The number of carbonyl (C=O) groups excluding carboxylic acids is 2. The molecule has 3 atom stereocenters. The van der Waals surface area contributed by atoms with Crippen molar-refractivity contribution < 1.29 is 26.4 Å². The fourth-order valence-electron chi connectivity index (χ4n) is 6.12. The lowest BCUT2D eigenvalue weighted by molar-refractivity contribution is -0.135. The molecule has 242 valence electrons. The van der Waals surface area contributed by atoms with Gasteiger partial charge in [0.2, 0.25) is 5.91 Å². The summed E-state index contributed by atoms with van der Waals surface area (Å²) < 4.78 is 59.4. The first kappa shape index (κ1) is 32.2. The maximum absolute atomic E-state index is 15.1. The van der Waals surface area contributed by atoms with Crippen molar-refractivity contribution in [1.82, 2.24) is 18.6 Å². The molecule has 1 fully saturated rings. The zero-order valence-corrected chi connectivity index (χ0v) is 27.9. The van der Waals surface area contributed by atoms with E-state index in [0.717, 1.165) is 20.4 Å². The largest absolute Gasteiger partial charge is 0.353 e. The molecule has 2 heterocycles. The van der Waals surface area contributed by atoms with Crippen molar-refractivity contribution in [2.45, 2.75) is 35.7 Å². The molecule has 0 N–H and O–H groups in total. The van der Waals surface area contributed by atoms with Crippen molar-refractivity contribution >= 4 is 32.0 Å². The van der Waals surface area contributed by atoms with Gasteiger partial charge in [-0.05, 0) is 55.3 Å². The standard InChI is InChI=1S/C35H34N4O6S2/c1-24-15-19-28(20-16-24)46(42,43)38-30(26-11-7-5-8-12-26)23-31-32(34(38)40)33(27-13-9-6-10-14-27)39(35(41)37(31)36(3)4)47(44,45)29-21-17-25(2)18-22-29/h5-23,30,32-33H,1-4H3/t30-,32+,33-/m1/s1. The van der Waals surface area contributed by atoms with Crippen molar-refractivity contribution in [3.8, 4) is 0 Å². The maximum atomic E-state index is 15.1. The van der Waals surface area contributed by atoms with Gasteiger partial charge in [0, 0.05) is 14.1 Å². The first-order chi connectivity index (χ1) is 22.3. The lowest BCUT2D eigenvalue weighted by Gasteiger charge is -2.51. The molecule has 4 aromatic carbocycles. The van der Waals surface area contributed by atoms with Crippen LogP contribution in [0.3, 0.4) is 0 Å². The molecular formula is C35H34N4O6S2. The molecule has 0 bridgehead atoms. The molecule has 12 heteroatoms. The van der Waals surface area contributed by atoms with Gasteiger partial charge in [-0.15, -0.1) is 0 Å². The van der Waals surface area contributed by atoms with Crippen molar-refractivity contribution in [3.05, 3.63) is 143 Å². The highest BCUT2D eigenvalue weighted by Crippen LogP contribution is 2.49. The second kappa shape index (κ2) is 12.1. The van der Waals surface area contributed by atoms with Crippen LogP contribution in [0.4, 0.5) is 4.79 Å². The lowest BCUT2D eigenvalue weighted by Crippen LogP contribution is -2.63. The number of nitrogens with zero attached hydrogens (tertiary/aromatic N) is 4.